The van der Waals surface area contributed by atoms with Gasteiger partial charge in [-0.3, -0.25) is 0 Å². The Morgan fingerprint density at radius 1 is 0.277 bits per heavy atom. The standard InChI is InChI=1S/C46H28O/c1-2-11-33-27-34(22-19-29(33)9-1)30-17-20-32(21-18-30)44-37-13-5-7-15-39(37)45(40-16-8-6-14-38(40)44)35-23-25-41-43(28-35)47-42-26-24-31-10-3-4-12-36(31)46(41)42/h1-28H. The first kappa shape index (κ1) is 26.1. The molecule has 218 valence electrons. The van der Waals surface area contributed by atoms with Crippen LogP contribution in [0.1, 0.15) is 0 Å². The van der Waals surface area contributed by atoms with Gasteiger partial charge < -0.3 is 4.42 Å². The normalized spacial score (nSPS) is 11.8. The summed E-state index contributed by atoms with van der Waals surface area (Å²) in [7, 11) is 0. The van der Waals surface area contributed by atoms with Gasteiger partial charge in [-0.15, -0.1) is 0 Å². The molecule has 10 aromatic rings. The first-order chi connectivity index (χ1) is 23.3. The molecule has 0 fully saturated rings. The van der Waals surface area contributed by atoms with E-state index < -0.39 is 0 Å². The van der Waals surface area contributed by atoms with Crippen molar-refractivity contribution in [2.75, 3.05) is 0 Å². The minimum atomic E-state index is 0.912. The molecule has 1 nitrogen and oxygen atoms in total. The average molecular weight is 597 g/mol. The molecule has 0 saturated carbocycles. The van der Waals surface area contributed by atoms with E-state index in [1.165, 1.54) is 76.3 Å². The molecule has 0 radical (unpaired) electrons. The summed E-state index contributed by atoms with van der Waals surface area (Å²) in [4.78, 5) is 0. The van der Waals surface area contributed by atoms with Gasteiger partial charge in [0.1, 0.15) is 11.2 Å². The van der Waals surface area contributed by atoms with Crippen molar-refractivity contribution in [2.45, 2.75) is 0 Å². The predicted octanol–water partition coefficient (Wildman–Crippen LogP) is 13.2. The van der Waals surface area contributed by atoms with Crippen molar-refractivity contribution >= 4 is 65.0 Å². The number of furan rings is 1. The molecule has 10 rings (SSSR count). The van der Waals surface area contributed by atoms with Gasteiger partial charge in [0, 0.05) is 10.8 Å². The molecule has 0 spiro atoms. The Morgan fingerprint density at radius 2 is 0.787 bits per heavy atom. The summed E-state index contributed by atoms with van der Waals surface area (Å²) in [6.45, 7) is 0. The lowest BCUT2D eigenvalue weighted by molar-refractivity contribution is 0.669. The fourth-order valence-corrected chi connectivity index (χ4v) is 7.65. The van der Waals surface area contributed by atoms with Crippen LogP contribution in [0.3, 0.4) is 0 Å². The summed E-state index contributed by atoms with van der Waals surface area (Å²) in [5.74, 6) is 0. The lowest BCUT2D eigenvalue weighted by Crippen LogP contribution is -1.91. The zero-order valence-electron chi connectivity index (χ0n) is 25.6. The van der Waals surface area contributed by atoms with Gasteiger partial charge in [-0.25, -0.2) is 0 Å². The second-order valence-corrected chi connectivity index (χ2v) is 12.5. The quantitative estimate of drug-likeness (QED) is 0.185. The lowest BCUT2D eigenvalue weighted by Gasteiger charge is -2.18. The minimum absolute atomic E-state index is 0.912. The summed E-state index contributed by atoms with van der Waals surface area (Å²) >= 11 is 0. The van der Waals surface area contributed by atoms with E-state index in [0.717, 1.165) is 22.1 Å². The van der Waals surface area contributed by atoms with Crippen molar-refractivity contribution in [2.24, 2.45) is 0 Å². The van der Waals surface area contributed by atoms with Crippen LogP contribution < -0.4 is 0 Å². The van der Waals surface area contributed by atoms with Gasteiger partial charge in [-0.05, 0) is 101 Å². The third kappa shape index (κ3) is 4.03. The molecule has 1 heteroatoms. The molecule has 0 bridgehead atoms. The van der Waals surface area contributed by atoms with Crippen molar-refractivity contribution in [3.05, 3.63) is 170 Å². The molecule has 0 aliphatic carbocycles. The predicted molar refractivity (Wildman–Crippen MR) is 200 cm³/mol. The van der Waals surface area contributed by atoms with E-state index in [0.29, 0.717) is 0 Å². The Bertz CT molecular complexity index is 2780. The highest BCUT2D eigenvalue weighted by Gasteiger charge is 2.18. The van der Waals surface area contributed by atoms with Crippen molar-refractivity contribution in [3.8, 4) is 33.4 Å². The molecule has 47 heavy (non-hydrogen) atoms. The zero-order chi connectivity index (χ0) is 30.9. The van der Waals surface area contributed by atoms with Crippen molar-refractivity contribution < 1.29 is 4.42 Å². The smallest absolute Gasteiger partial charge is 0.136 e. The monoisotopic (exact) mass is 596 g/mol. The lowest BCUT2D eigenvalue weighted by atomic mass is 9.85. The van der Waals surface area contributed by atoms with Crippen LogP contribution in [0.25, 0.3) is 98.4 Å². The zero-order valence-corrected chi connectivity index (χ0v) is 25.6. The van der Waals surface area contributed by atoms with Crippen LogP contribution in [0.4, 0.5) is 0 Å². The van der Waals surface area contributed by atoms with Gasteiger partial charge in [-0.1, -0.05) is 146 Å². The molecule has 0 unspecified atom stereocenters. The Labute approximate surface area is 271 Å². The van der Waals surface area contributed by atoms with E-state index in [9.17, 15) is 0 Å². The summed E-state index contributed by atoms with van der Waals surface area (Å²) in [6.07, 6.45) is 0. The highest BCUT2D eigenvalue weighted by atomic mass is 16.3. The summed E-state index contributed by atoms with van der Waals surface area (Å²) in [5.41, 5.74) is 9.16. The highest BCUT2D eigenvalue weighted by Crippen LogP contribution is 2.45. The van der Waals surface area contributed by atoms with Gasteiger partial charge in [0.25, 0.3) is 0 Å². The molecule has 0 aliphatic heterocycles. The number of fused-ring (bicyclic) bond motifs is 8. The fraction of sp³-hybridized carbons (Fsp3) is 0. The maximum Gasteiger partial charge on any atom is 0.136 e. The number of benzene rings is 9. The molecule has 1 heterocycles. The van der Waals surface area contributed by atoms with E-state index in [1.54, 1.807) is 0 Å². The second kappa shape index (κ2) is 10.2. The van der Waals surface area contributed by atoms with E-state index >= 15 is 0 Å². The minimum Gasteiger partial charge on any atom is -0.456 e. The third-order valence-corrected chi connectivity index (χ3v) is 9.84. The van der Waals surface area contributed by atoms with Gasteiger partial charge in [-0.2, -0.15) is 0 Å². The van der Waals surface area contributed by atoms with E-state index in [4.69, 9.17) is 4.42 Å². The van der Waals surface area contributed by atoms with Crippen molar-refractivity contribution in [1.82, 2.24) is 0 Å². The van der Waals surface area contributed by atoms with Crippen molar-refractivity contribution in [1.29, 1.82) is 0 Å². The van der Waals surface area contributed by atoms with Gasteiger partial charge in [0.05, 0.1) is 0 Å². The molecular formula is C46H28O. The number of hydrogen-bond donors (Lipinski definition) is 0. The maximum absolute atomic E-state index is 6.51. The van der Waals surface area contributed by atoms with Crippen LogP contribution in [-0.4, -0.2) is 0 Å². The molecular weight excluding hydrogens is 569 g/mol. The summed E-state index contributed by atoms with van der Waals surface area (Å²) in [5, 5.41) is 12.3. The molecule has 1 aromatic heterocycles. The van der Waals surface area contributed by atoms with Crippen LogP contribution in [0.15, 0.2) is 174 Å². The van der Waals surface area contributed by atoms with Crippen LogP contribution in [0, 0.1) is 0 Å². The van der Waals surface area contributed by atoms with Crippen LogP contribution in [0.2, 0.25) is 0 Å². The molecule has 0 N–H and O–H groups in total. The van der Waals surface area contributed by atoms with Crippen molar-refractivity contribution in [3.63, 3.8) is 0 Å². The van der Waals surface area contributed by atoms with Crippen LogP contribution in [-0.2, 0) is 0 Å². The van der Waals surface area contributed by atoms with Crippen LogP contribution >= 0.6 is 0 Å². The number of rotatable bonds is 3. The van der Waals surface area contributed by atoms with Gasteiger partial charge >= 0.3 is 0 Å². The average Bonchev–Trinajstić information content (AvgIpc) is 3.52. The van der Waals surface area contributed by atoms with Gasteiger partial charge in [0.15, 0.2) is 0 Å². The van der Waals surface area contributed by atoms with E-state index in [1.807, 2.05) is 0 Å². The third-order valence-electron chi connectivity index (χ3n) is 9.84. The molecule has 0 amide bonds. The topological polar surface area (TPSA) is 13.1 Å². The first-order valence-corrected chi connectivity index (χ1v) is 16.2. The maximum atomic E-state index is 6.51. The SMILES string of the molecule is c1ccc2cc(-c3ccc(-c4c5ccccc5c(-c5ccc6c(c5)oc5ccc7ccccc7c56)c5ccccc45)cc3)ccc2c1. The van der Waals surface area contributed by atoms with Gasteiger partial charge in [0.2, 0.25) is 0 Å². The van der Waals surface area contributed by atoms with E-state index in [2.05, 4.69) is 170 Å². The molecule has 9 aromatic carbocycles. The fourth-order valence-electron chi connectivity index (χ4n) is 7.65. The summed E-state index contributed by atoms with van der Waals surface area (Å²) < 4.78 is 6.51. The Balaban J connectivity index is 1.16. The van der Waals surface area contributed by atoms with E-state index in [-0.39, 0.29) is 0 Å². The van der Waals surface area contributed by atoms with Crippen LogP contribution in [0.5, 0.6) is 0 Å². The second-order valence-electron chi connectivity index (χ2n) is 12.5. The largest absolute Gasteiger partial charge is 0.456 e. The highest BCUT2D eigenvalue weighted by molar-refractivity contribution is 6.23. The first-order valence-electron chi connectivity index (χ1n) is 16.2. The molecule has 0 atom stereocenters. The Morgan fingerprint density at radius 3 is 1.49 bits per heavy atom. The Kier molecular flexibility index (Phi) is 5.64. The molecule has 0 aliphatic rings. The Hall–Kier alpha value is -6.18. The summed E-state index contributed by atoms with van der Waals surface area (Å²) in [6, 6.07) is 61.6. The molecule has 0 saturated heterocycles. The number of hydrogen-bond acceptors (Lipinski definition) is 1.